The van der Waals surface area contributed by atoms with Crippen LogP contribution >= 0.6 is 0 Å². The van der Waals surface area contributed by atoms with Crippen molar-refractivity contribution in [3.8, 4) is 0 Å². The standard InChI is InChI=1S/C10H16N4O2/c1-13-3-4-16-9(6-13)8(15)5-10-11-7-12-14(10)2/h7,9H,3-6H2,1-2H3. The molecule has 0 radical (unpaired) electrons. The molecule has 1 aliphatic rings. The molecule has 0 aliphatic carbocycles. The third-order valence-electron chi connectivity index (χ3n) is 2.77. The van der Waals surface area contributed by atoms with Crippen LogP contribution in [0.5, 0.6) is 0 Å². The van der Waals surface area contributed by atoms with Crippen molar-refractivity contribution in [2.75, 3.05) is 26.7 Å². The summed E-state index contributed by atoms with van der Waals surface area (Å²) < 4.78 is 7.07. The van der Waals surface area contributed by atoms with Gasteiger partial charge in [0.15, 0.2) is 5.78 Å². The van der Waals surface area contributed by atoms with E-state index in [9.17, 15) is 4.79 Å². The van der Waals surface area contributed by atoms with Gasteiger partial charge < -0.3 is 9.64 Å². The van der Waals surface area contributed by atoms with Gasteiger partial charge in [-0.2, -0.15) is 5.10 Å². The molecule has 0 aromatic carbocycles. The maximum atomic E-state index is 11.9. The topological polar surface area (TPSA) is 60.2 Å². The molecule has 6 heteroatoms. The first-order valence-electron chi connectivity index (χ1n) is 5.32. The van der Waals surface area contributed by atoms with Crippen LogP contribution in [-0.2, 0) is 23.0 Å². The van der Waals surface area contributed by atoms with Gasteiger partial charge in [0, 0.05) is 20.1 Å². The van der Waals surface area contributed by atoms with Crippen LogP contribution in [0.2, 0.25) is 0 Å². The van der Waals surface area contributed by atoms with Gasteiger partial charge in [0.2, 0.25) is 0 Å². The van der Waals surface area contributed by atoms with Crippen LogP contribution in [0.1, 0.15) is 5.82 Å². The van der Waals surface area contributed by atoms with E-state index in [4.69, 9.17) is 4.74 Å². The highest BCUT2D eigenvalue weighted by Crippen LogP contribution is 2.07. The Bertz CT molecular complexity index is 377. The van der Waals surface area contributed by atoms with E-state index in [1.54, 1.807) is 11.7 Å². The Hall–Kier alpha value is -1.27. The molecule has 0 spiro atoms. The molecule has 1 aromatic rings. The molecular weight excluding hydrogens is 208 g/mol. The van der Waals surface area contributed by atoms with Crippen LogP contribution in [0, 0.1) is 0 Å². The lowest BCUT2D eigenvalue weighted by atomic mass is 10.1. The number of rotatable bonds is 3. The summed E-state index contributed by atoms with van der Waals surface area (Å²) in [6, 6.07) is 0. The van der Waals surface area contributed by atoms with Crippen LogP contribution in [0.3, 0.4) is 0 Å². The van der Waals surface area contributed by atoms with Crippen molar-refractivity contribution in [3.63, 3.8) is 0 Å². The lowest BCUT2D eigenvalue weighted by Gasteiger charge is -2.28. The Labute approximate surface area is 94.2 Å². The van der Waals surface area contributed by atoms with E-state index < -0.39 is 0 Å². The second-order valence-corrected chi connectivity index (χ2v) is 4.06. The maximum absolute atomic E-state index is 11.9. The highest BCUT2D eigenvalue weighted by molar-refractivity contribution is 5.84. The van der Waals surface area contributed by atoms with Gasteiger partial charge in [-0.1, -0.05) is 0 Å². The summed E-state index contributed by atoms with van der Waals surface area (Å²) in [6.07, 6.45) is 1.42. The zero-order chi connectivity index (χ0) is 11.5. The van der Waals surface area contributed by atoms with E-state index in [-0.39, 0.29) is 18.3 Å². The summed E-state index contributed by atoms with van der Waals surface area (Å²) in [5.74, 6) is 0.754. The zero-order valence-electron chi connectivity index (χ0n) is 9.59. The first kappa shape index (κ1) is 11.2. The van der Waals surface area contributed by atoms with Gasteiger partial charge in [-0.15, -0.1) is 0 Å². The Kier molecular flexibility index (Phi) is 3.31. The first-order valence-corrected chi connectivity index (χ1v) is 5.32. The molecule has 88 valence electrons. The van der Waals surface area contributed by atoms with E-state index in [1.807, 2.05) is 7.05 Å². The van der Waals surface area contributed by atoms with Gasteiger partial charge in [0.05, 0.1) is 13.0 Å². The predicted molar refractivity (Wildman–Crippen MR) is 57.0 cm³/mol. The summed E-state index contributed by atoms with van der Waals surface area (Å²) in [6.45, 7) is 2.16. The molecule has 0 amide bonds. The molecule has 1 saturated heterocycles. The molecule has 1 aromatic heterocycles. The summed E-state index contributed by atoms with van der Waals surface area (Å²) >= 11 is 0. The number of aromatic nitrogens is 3. The highest BCUT2D eigenvalue weighted by Gasteiger charge is 2.25. The third kappa shape index (κ3) is 2.45. The number of hydrogen-bond acceptors (Lipinski definition) is 5. The molecule has 2 heterocycles. The van der Waals surface area contributed by atoms with Gasteiger partial charge in [-0.25, -0.2) is 4.98 Å². The fourth-order valence-corrected chi connectivity index (χ4v) is 1.72. The molecular formula is C10H16N4O2. The number of Topliss-reactive ketones (excluding diaryl/α,β-unsaturated/α-hetero) is 1. The van der Waals surface area contributed by atoms with Crippen molar-refractivity contribution in [2.24, 2.45) is 7.05 Å². The summed E-state index contributed by atoms with van der Waals surface area (Å²) in [7, 11) is 3.77. The van der Waals surface area contributed by atoms with E-state index in [0.29, 0.717) is 19.0 Å². The van der Waals surface area contributed by atoms with Crippen molar-refractivity contribution >= 4 is 5.78 Å². The van der Waals surface area contributed by atoms with E-state index >= 15 is 0 Å². The first-order chi connectivity index (χ1) is 7.66. The minimum Gasteiger partial charge on any atom is -0.368 e. The average Bonchev–Trinajstić information content (AvgIpc) is 2.64. The van der Waals surface area contributed by atoms with Gasteiger partial charge >= 0.3 is 0 Å². The minimum absolute atomic E-state index is 0.0719. The Morgan fingerprint density at radius 2 is 2.44 bits per heavy atom. The van der Waals surface area contributed by atoms with Gasteiger partial charge in [-0.3, -0.25) is 9.48 Å². The number of likely N-dealkylation sites (N-methyl/N-ethyl adjacent to an activating group) is 1. The lowest BCUT2D eigenvalue weighted by molar-refractivity contribution is -0.135. The van der Waals surface area contributed by atoms with Crippen LogP contribution in [0.4, 0.5) is 0 Å². The second-order valence-electron chi connectivity index (χ2n) is 4.06. The van der Waals surface area contributed by atoms with E-state index in [1.165, 1.54) is 6.33 Å². The van der Waals surface area contributed by atoms with Crippen molar-refractivity contribution in [1.82, 2.24) is 19.7 Å². The largest absolute Gasteiger partial charge is 0.368 e. The molecule has 0 bridgehead atoms. The van der Waals surface area contributed by atoms with Crippen molar-refractivity contribution in [1.29, 1.82) is 0 Å². The maximum Gasteiger partial charge on any atom is 0.170 e. The van der Waals surface area contributed by atoms with Gasteiger partial charge in [0.25, 0.3) is 0 Å². The molecule has 1 atom stereocenters. The molecule has 16 heavy (non-hydrogen) atoms. The van der Waals surface area contributed by atoms with Crippen molar-refractivity contribution in [3.05, 3.63) is 12.2 Å². The molecule has 1 unspecified atom stereocenters. The number of ketones is 1. The fraction of sp³-hybridized carbons (Fsp3) is 0.700. The highest BCUT2D eigenvalue weighted by atomic mass is 16.5. The fourth-order valence-electron chi connectivity index (χ4n) is 1.72. The number of carbonyl (C=O) groups is 1. The Balaban J connectivity index is 1.95. The minimum atomic E-state index is -0.324. The summed E-state index contributed by atoms with van der Waals surface area (Å²) in [5.41, 5.74) is 0. The molecule has 1 aliphatic heterocycles. The molecule has 1 fully saturated rings. The number of aryl methyl sites for hydroxylation is 1. The van der Waals surface area contributed by atoms with Crippen LogP contribution in [-0.4, -0.2) is 58.3 Å². The second kappa shape index (κ2) is 4.71. The quantitative estimate of drug-likeness (QED) is 0.676. The number of morpholine rings is 1. The van der Waals surface area contributed by atoms with Crippen molar-refractivity contribution < 1.29 is 9.53 Å². The zero-order valence-corrected chi connectivity index (χ0v) is 9.59. The predicted octanol–water partition coefficient (Wildman–Crippen LogP) is -0.743. The van der Waals surface area contributed by atoms with E-state index in [0.717, 1.165) is 6.54 Å². The van der Waals surface area contributed by atoms with Crippen molar-refractivity contribution in [2.45, 2.75) is 12.5 Å². The van der Waals surface area contributed by atoms with Crippen LogP contribution in [0.15, 0.2) is 6.33 Å². The van der Waals surface area contributed by atoms with Gasteiger partial charge in [0.1, 0.15) is 18.3 Å². The molecule has 0 saturated carbocycles. The van der Waals surface area contributed by atoms with Crippen LogP contribution < -0.4 is 0 Å². The summed E-state index contributed by atoms with van der Waals surface area (Å²) in [5, 5.41) is 3.93. The molecule has 6 nitrogen and oxygen atoms in total. The SMILES string of the molecule is CN1CCOC(C(=O)Cc2ncnn2C)C1. The van der Waals surface area contributed by atoms with Gasteiger partial charge in [-0.05, 0) is 7.05 Å². The smallest absolute Gasteiger partial charge is 0.170 e. The number of ether oxygens (including phenoxy) is 1. The molecule has 2 rings (SSSR count). The Morgan fingerprint density at radius 1 is 1.62 bits per heavy atom. The average molecular weight is 224 g/mol. The number of carbonyl (C=O) groups excluding carboxylic acids is 1. The molecule has 0 N–H and O–H groups in total. The normalized spacial score (nSPS) is 22.2. The monoisotopic (exact) mass is 224 g/mol. The third-order valence-corrected chi connectivity index (χ3v) is 2.77. The Morgan fingerprint density at radius 3 is 3.06 bits per heavy atom. The van der Waals surface area contributed by atoms with Crippen LogP contribution in [0.25, 0.3) is 0 Å². The number of nitrogens with zero attached hydrogens (tertiary/aromatic N) is 4. The van der Waals surface area contributed by atoms with E-state index in [2.05, 4.69) is 15.0 Å². The summed E-state index contributed by atoms with van der Waals surface area (Å²) in [4.78, 5) is 18.1. The number of hydrogen-bond donors (Lipinski definition) is 0. The lowest BCUT2D eigenvalue weighted by Crippen LogP contribution is -2.44.